The van der Waals surface area contributed by atoms with E-state index in [-0.39, 0.29) is 12.4 Å². The minimum Gasteiger partial charge on any atom is -0.504 e. The lowest BCUT2D eigenvalue weighted by molar-refractivity contribution is 0.173. The van der Waals surface area contributed by atoms with Crippen LogP contribution in [0.5, 0.6) is 11.5 Å². The molecule has 5 heteroatoms. The SMILES string of the molecule is COc1cc(C(C)(CO)NCc2cccs2)ccc1O. The van der Waals surface area contributed by atoms with E-state index in [0.29, 0.717) is 12.3 Å². The molecule has 0 saturated heterocycles. The average molecular weight is 293 g/mol. The lowest BCUT2D eigenvalue weighted by Crippen LogP contribution is -2.42. The summed E-state index contributed by atoms with van der Waals surface area (Å²) in [4.78, 5) is 1.20. The summed E-state index contributed by atoms with van der Waals surface area (Å²) in [7, 11) is 1.51. The highest BCUT2D eigenvalue weighted by Gasteiger charge is 2.26. The summed E-state index contributed by atoms with van der Waals surface area (Å²) >= 11 is 1.67. The molecule has 108 valence electrons. The van der Waals surface area contributed by atoms with E-state index in [9.17, 15) is 10.2 Å². The molecule has 0 spiro atoms. The number of aliphatic hydroxyl groups is 1. The van der Waals surface area contributed by atoms with Crippen molar-refractivity contribution in [3.05, 3.63) is 46.2 Å². The zero-order valence-electron chi connectivity index (χ0n) is 11.6. The molecule has 0 aliphatic rings. The van der Waals surface area contributed by atoms with Crippen molar-refractivity contribution in [2.75, 3.05) is 13.7 Å². The van der Waals surface area contributed by atoms with Crippen LogP contribution < -0.4 is 10.1 Å². The number of rotatable bonds is 6. The number of hydrogen-bond acceptors (Lipinski definition) is 5. The van der Waals surface area contributed by atoms with E-state index in [1.54, 1.807) is 29.5 Å². The van der Waals surface area contributed by atoms with Gasteiger partial charge in [0, 0.05) is 11.4 Å². The van der Waals surface area contributed by atoms with Gasteiger partial charge in [0.1, 0.15) is 0 Å². The van der Waals surface area contributed by atoms with Crippen molar-refractivity contribution in [2.24, 2.45) is 0 Å². The second-order valence-corrected chi connectivity index (χ2v) is 5.84. The van der Waals surface area contributed by atoms with Gasteiger partial charge in [-0.1, -0.05) is 12.1 Å². The minimum absolute atomic E-state index is 0.0493. The number of thiophene rings is 1. The molecule has 0 fully saturated rings. The van der Waals surface area contributed by atoms with Crippen molar-refractivity contribution in [2.45, 2.75) is 19.0 Å². The maximum atomic E-state index is 9.74. The number of aromatic hydroxyl groups is 1. The number of benzene rings is 1. The highest BCUT2D eigenvalue weighted by molar-refractivity contribution is 7.09. The molecule has 1 aromatic carbocycles. The molecule has 0 radical (unpaired) electrons. The number of methoxy groups -OCH3 is 1. The Morgan fingerprint density at radius 3 is 2.75 bits per heavy atom. The third-order valence-corrected chi connectivity index (χ3v) is 4.24. The lowest BCUT2D eigenvalue weighted by Gasteiger charge is -2.29. The Bertz CT molecular complexity index is 556. The topological polar surface area (TPSA) is 61.7 Å². The summed E-state index contributed by atoms with van der Waals surface area (Å²) in [5.41, 5.74) is 0.275. The molecule has 1 atom stereocenters. The van der Waals surface area contributed by atoms with Crippen molar-refractivity contribution < 1.29 is 14.9 Å². The first-order chi connectivity index (χ1) is 9.59. The van der Waals surface area contributed by atoms with Crippen LogP contribution in [0.1, 0.15) is 17.4 Å². The van der Waals surface area contributed by atoms with E-state index >= 15 is 0 Å². The van der Waals surface area contributed by atoms with Crippen LogP contribution >= 0.6 is 11.3 Å². The summed E-state index contributed by atoms with van der Waals surface area (Å²) < 4.78 is 5.12. The van der Waals surface area contributed by atoms with Gasteiger partial charge in [-0.25, -0.2) is 0 Å². The third-order valence-electron chi connectivity index (χ3n) is 3.37. The molecule has 0 aliphatic heterocycles. The highest BCUT2D eigenvalue weighted by Crippen LogP contribution is 2.31. The molecule has 0 aliphatic carbocycles. The van der Waals surface area contributed by atoms with Gasteiger partial charge in [0.15, 0.2) is 11.5 Å². The van der Waals surface area contributed by atoms with Gasteiger partial charge in [-0.15, -0.1) is 11.3 Å². The van der Waals surface area contributed by atoms with Crippen molar-refractivity contribution in [3.63, 3.8) is 0 Å². The van der Waals surface area contributed by atoms with E-state index in [1.807, 2.05) is 24.4 Å². The standard InChI is InChI=1S/C15H19NO3S/c1-15(10-17,16-9-12-4-3-7-20-12)11-5-6-13(18)14(8-11)19-2/h3-8,16-18H,9-10H2,1-2H3. The maximum absolute atomic E-state index is 9.74. The predicted octanol–water partition coefficient (Wildman–Crippen LogP) is 2.46. The first-order valence-electron chi connectivity index (χ1n) is 6.35. The van der Waals surface area contributed by atoms with Crippen molar-refractivity contribution in [1.82, 2.24) is 5.32 Å². The van der Waals surface area contributed by atoms with Gasteiger partial charge in [0.25, 0.3) is 0 Å². The van der Waals surface area contributed by atoms with Crippen LogP contribution in [0.25, 0.3) is 0 Å². The molecule has 0 saturated carbocycles. The Balaban J connectivity index is 2.20. The van der Waals surface area contributed by atoms with Crippen LogP contribution in [0.15, 0.2) is 35.7 Å². The maximum Gasteiger partial charge on any atom is 0.160 e. The van der Waals surface area contributed by atoms with Crippen LogP contribution in [-0.4, -0.2) is 23.9 Å². The number of hydrogen-bond donors (Lipinski definition) is 3. The number of aliphatic hydroxyl groups excluding tert-OH is 1. The minimum atomic E-state index is -0.592. The van der Waals surface area contributed by atoms with E-state index in [0.717, 1.165) is 5.56 Å². The van der Waals surface area contributed by atoms with Crippen LogP contribution in [-0.2, 0) is 12.1 Å². The normalized spacial score (nSPS) is 13.9. The summed E-state index contributed by atoms with van der Waals surface area (Å²) in [5.74, 6) is 0.495. The van der Waals surface area contributed by atoms with E-state index in [4.69, 9.17) is 4.74 Å². The van der Waals surface area contributed by atoms with Gasteiger partial charge >= 0.3 is 0 Å². The molecule has 2 aromatic rings. The van der Waals surface area contributed by atoms with Gasteiger partial charge < -0.3 is 20.3 Å². The van der Waals surface area contributed by atoms with E-state index < -0.39 is 5.54 Å². The highest BCUT2D eigenvalue weighted by atomic mass is 32.1. The quantitative estimate of drug-likeness (QED) is 0.765. The monoisotopic (exact) mass is 293 g/mol. The fraction of sp³-hybridized carbons (Fsp3) is 0.333. The van der Waals surface area contributed by atoms with Crippen LogP contribution in [0.2, 0.25) is 0 Å². The van der Waals surface area contributed by atoms with Gasteiger partial charge in [0.2, 0.25) is 0 Å². The van der Waals surface area contributed by atoms with Crippen molar-refractivity contribution in [1.29, 1.82) is 0 Å². The first-order valence-corrected chi connectivity index (χ1v) is 7.23. The molecule has 1 heterocycles. The summed E-state index contributed by atoms with van der Waals surface area (Å²) in [6.45, 7) is 2.55. The Morgan fingerprint density at radius 1 is 1.35 bits per heavy atom. The molecule has 1 aromatic heterocycles. The summed E-state index contributed by atoms with van der Waals surface area (Å²) in [5, 5.41) is 24.8. The lowest BCUT2D eigenvalue weighted by atomic mass is 9.92. The van der Waals surface area contributed by atoms with Gasteiger partial charge in [-0.3, -0.25) is 0 Å². The van der Waals surface area contributed by atoms with Gasteiger partial charge in [0.05, 0.1) is 19.3 Å². The zero-order chi connectivity index (χ0) is 14.6. The molecular weight excluding hydrogens is 274 g/mol. The average Bonchev–Trinajstić information content (AvgIpc) is 2.98. The Kier molecular flexibility index (Phi) is 4.65. The van der Waals surface area contributed by atoms with Gasteiger partial charge in [-0.05, 0) is 36.1 Å². The third kappa shape index (κ3) is 3.12. The molecule has 0 bridgehead atoms. The van der Waals surface area contributed by atoms with Crippen molar-refractivity contribution >= 4 is 11.3 Å². The Labute approximate surface area is 122 Å². The van der Waals surface area contributed by atoms with E-state index in [1.165, 1.54) is 12.0 Å². The Morgan fingerprint density at radius 2 is 2.15 bits per heavy atom. The van der Waals surface area contributed by atoms with Crippen LogP contribution in [0.3, 0.4) is 0 Å². The number of phenols is 1. The molecule has 1 unspecified atom stereocenters. The fourth-order valence-electron chi connectivity index (χ4n) is 1.97. The molecule has 0 amide bonds. The summed E-state index contributed by atoms with van der Waals surface area (Å²) in [6, 6.07) is 9.16. The zero-order valence-corrected chi connectivity index (χ0v) is 12.4. The molecule has 20 heavy (non-hydrogen) atoms. The smallest absolute Gasteiger partial charge is 0.160 e. The molecular formula is C15H19NO3S. The molecule has 4 nitrogen and oxygen atoms in total. The fourth-order valence-corrected chi connectivity index (χ4v) is 2.61. The number of phenolic OH excluding ortho intramolecular Hbond substituents is 1. The molecule has 3 N–H and O–H groups in total. The van der Waals surface area contributed by atoms with E-state index in [2.05, 4.69) is 5.32 Å². The number of ether oxygens (including phenoxy) is 1. The first kappa shape index (κ1) is 14.8. The van der Waals surface area contributed by atoms with Gasteiger partial charge in [-0.2, -0.15) is 0 Å². The van der Waals surface area contributed by atoms with Crippen LogP contribution in [0, 0.1) is 0 Å². The summed E-state index contributed by atoms with van der Waals surface area (Å²) in [6.07, 6.45) is 0. The largest absolute Gasteiger partial charge is 0.504 e. The van der Waals surface area contributed by atoms with Crippen molar-refractivity contribution in [3.8, 4) is 11.5 Å². The second-order valence-electron chi connectivity index (χ2n) is 4.81. The number of nitrogens with one attached hydrogen (secondary N) is 1. The predicted molar refractivity (Wildman–Crippen MR) is 80.3 cm³/mol. The molecule has 2 rings (SSSR count). The van der Waals surface area contributed by atoms with Crippen LogP contribution in [0.4, 0.5) is 0 Å². The second kappa shape index (κ2) is 6.26. The Hall–Kier alpha value is -1.56.